The van der Waals surface area contributed by atoms with Crippen molar-refractivity contribution in [3.8, 4) is 5.75 Å². The molecular formula is C17H24N2O2. The summed E-state index contributed by atoms with van der Waals surface area (Å²) >= 11 is 0. The van der Waals surface area contributed by atoms with Crippen molar-refractivity contribution in [1.29, 1.82) is 0 Å². The number of likely N-dealkylation sites (N-methyl/N-ethyl adjacent to an activating group) is 1. The molecule has 1 aromatic heterocycles. The topological polar surface area (TPSA) is 45.3 Å². The lowest BCUT2D eigenvalue weighted by atomic mass is 9.97. The molecule has 21 heavy (non-hydrogen) atoms. The first-order chi connectivity index (χ1) is 9.79. The number of hydrogen-bond acceptors (Lipinski definition) is 3. The lowest BCUT2D eigenvalue weighted by Crippen LogP contribution is -2.25. The van der Waals surface area contributed by atoms with Crippen molar-refractivity contribution in [3.63, 3.8) is 0 Å². The van der Waals surface area contributed by atoms with Gasteiger partial charge in [-0.25, -0.2) is 0 Å². The summed E-state index contributed by atoms with van der Waals surface area (Å²) in [5, 5.41) is 1.01. The minimum absolute atomic E-state index is 0.213. The van der Waals surface area contributed by atoms with E-state index in [0.29, 0.717) is 5.75 Å². The first kappa shape index (κ1) is 15.6. The van der Waals surface area contributed by atoms with Crippen LogP contribution in [0.2, 0.25) is 0 Å². The van der Waals surface area contributed by atoms with Gasteiger partial charge >= 0.3 is 5.97 Å². The van der Waals surface area contributed by atoms with Crippen LogP contribution in [0, 0.1) is 5.41 Å². The highest BCUT2D eigenvalue weighted by Gasteiger charge is 2.24. The zero-order chi connectivity index (χ0) is 15.6. The van der Waals surface area contributed by atoms with Gasteiger partial charge in [0.1, 0.15) is 5.75 Å². The van der Waals surface area contributed by atoms with Gasteiger partial charge in [0.25, 0.3) is 0 Å². The van der Waals surface area contributed by atoms with Gasteiger partial charge in [0.15, 0.2) is 0 Å². The number of esters is 1. The second-order valence-electron chi connectivity index (χ2n) is 6.69. The van der Waals surface area contributed by atoms with Crippen LogP contribution in [0.25, 0.3) is 10.9 Å². The van der Waals surface area contributed by atoms with Gasteiger partial charge in [0.2, 0.25) is 0 Å². The highest BCUT2D eigenvalue weighted by atomic mass is 16.5. The summed E-state index contributed by atoms with van der Waals surface area (Å²) in [6.07, 6.45) is 2.92. The van der Waals surface area contributed by atoms with Crippen LogP contribution in [0.5, 0.6) is 5.75 Å². The Balaban J connectivity index is 2.35. The van der Waals surface area contributed by atoms with Gasteiger partial charge in [-0.05, 0) is 59.0 Å². The Hall–Kier alpha value is -1.81. The Labute approximate surface area is 126 Å². The summed E-state index contributed by atoms with van der Waals surface area (Å²) in [6, 6.07) is 5.77. The molecule has 4 nitrogen and oxygen atoms in total. The lowest BCUT2D eigenvalue weighted by molar-refractivity contribution is -0.142. The standard InChI is InChI=1S/C17H24N2O2/c1-17(2,3)16(20)21-14-8-6-7-13-15(14)12(11-18-13)9-10-19(4)5/h6-8,11,18H,9-10H2,1-5H3. The van der Waals surface area contributed by atoms with E-state index in [1.54, 1.807) is 0 Å². The van der Waals surface area contributed by atoms with Gasteiger partial charge in [0.05, 0.1) is 5.41 Å². The van der Waals surface area contributed by atoms with Crippen LogP contribution in [0.4, 0.5) is 0 Å². The van der Waals surface area contributed by atoms with E-state index < -0.39 is 5.41 Å². The van der Waals surface area contributed by atoms with Gasteiger partial charge < -0.3 is 14.6 Å². The van der Waals surface area contributed by atoms with Crippen LogP contribution >= 0.6 is 0 Å². The van der Waals surface area contributed by atoms with Crippen LogP contribution in [-0.2, 0) is 11.2 Å². The maximum Gasteiger partial charge on any atom is 0.316 e. The molecule has 0 unspecified atom stereocenters. The largest absolute Gasteiger partial charge is 0.425 e. The molecule has 0 saturated heterocycles. The predicted octanol–water partition coefficient (Wildman–Crippen LogP) is 3.22. The minimum atomic E-state index is -0.512. The van der Waals surface area contributed by atoms with E-state index in [-0.39, 0.29) is 5.97 Å². The third-order valence-corrected chi connectivity index (χ3v) is 3.39. The molecule has 0 fully saturated rings. The molecule has 0 radical (unpaired) electrons. The fourth-order valence-corrected chi connectivity index (χ4v) is 2.10. The summed E-state index contributed by atoms with van der Waals surface area (Å²) in [7, 11) is 4.10. The highest BCUT2D eigenvalue weighted by molar-refractivity contribution is 5.92. The van der Waals surface area contributed by atoms with E-state index in [1.807, 2.05) is 45.2 Å². The minimum Gasteiger partial charge on any atom is -0.425 e. The third kappa shape index (κ3) is 3.64. The molecule has 0 saturated carbocycles. The Kier molecular flexibility index (Phi) is 4.37. The molecule has 1 aromatic carbocycles. The quantitative estimate of drug-likeness (QED) is 0.694. The Morgan fingerprint density at radius 2 is 2.00 bits per heavy atom. The van der Waals surface area contributed by atoms with Crippen LogP contribution in [0.15, 0.2) is 24.4 Å². The van der Waals surface area contributed by atoms with Crippen LogP contribution in [0.1, 0.15) is 26.3 Å². The number of hydrogen-bond donors (Lipinski definition) is 1. The van der Waals surface area contributed by atoms with E-state index in [9.17, 15) is 4.79 Å². The second-order valence-corrected chi connectivity index (χ2v) is 6.69. The number of aromatic nitrogens is 1. The van der Waals surface area contributed by atoms with Gasteiger partial charge in [-0.3, -0.25) is 4.79 Å². The molecule has 4 heteroatoms. The number of nitrogens with zero attached hydrogens (tertiary/aromatic N) is 1. The summed E-state index contributed by atoms with van der Waals surface area (Å²) in [5.41, 5.74) is 1.67. The first-order valence-corrected chi connectivity index (χ1v) is 7.25. The molecule has 0 aliphatic carbocycles. The van der Waals surface area contributed by atoms with E-state index in [2.05, 4.69) is 24.0 Å². The molecular weight excluding hydrogens is 264 g/mol. The summed E-state index contributed by atoms with van der Waals surface area (Å²) < 4.78 is 5.63. The van der Waals surface area contributed by atoms with E-state index in [4.69, 9.17) is 4.74 Å². The number of carbonyl (C=O) groups excluding carboxylic acids is 1. The predicted molar refractivity (Wildman–Crippen MR) is 85.6 cm³/mol. The molecule has 1 heterocycles. The normalized spacial score (nSPS) is 12.1. The molecule has 0 aliphatic heterocycles. The number of carbonyl (C=O) groups is 1. The van der Waals surface area contributed by atoms with Crippen molar-refractivity contribution in [2.45, 2.75) is 27.2 Å². The maximum absolute atomic E-state index is 12.1. The Morgan fingerprint density at radius 3 is 2.62 bits per heavy atom. The molecule has 0 bridgehead atoms. The molecule has 0 spiro atoms. The smallest absolute Gasteiger partial charge is 0.316 e. The SMILES string of the molecule is CN(C)CCc1c[nH]c2cccc(OC(=O)C(C)(C)C)c12. The number of rotatable bonds is 4. The lowest BCUT2D eigenvalue weighted by Gasteiger charge is -2.17. The number of ether oxygens (including phenoxy) is 1. The number of nitrogens with one attached hydrogen (secondary N) is 1. The number of benzene rings is 1. The van der Waals surface area contributed by atoms with Crippen molar-refractivity contribution < 1.29 is 9.53 Å². The van der Waals surface area contributed by atoms with E-state index in [0.717, 1.165) is 23.9 Å². The van der Waals surface area contributed by atoms with Crippen LogP contribution < -0.4 is 4.74 Å². The average molecular weight is 288 g/mol. The molecule has 2 aromatic rings. The second kappa shape index (κ2) is 5.90. The van der Waals surface area contributed by atoms with Crippen LogP contribution in [0.3, 0.4) is 0 Å². The molecule has 1 N–H and O–H groups in total. The zero-order valence-electron chi connectivity index (χ0n) is 13.5. The fraction of sp³-hybridized carbons (Fsp3) is 0.471. The average Bonchev–Trinajstić information content (AvgIpc) is 2.79. The number of aromatic amines is 1. The monoisotopic (exact) mass is 288 g/mol. The summed E-state index contributed by atoms with van der Waals surface area (Å²) in [5.74, 6) is 0.428. The van der Waals surface area contributed by atoms with Crippen LogP contribution in [-0.4, -0.2) is 36.5 Å². The fourth-order valence-electron chi connectivity index (χ4n) is 2.10. The van der Waals surface area contributed by atoms with Gasteiger partial charge in [0, 0.05) is 23.6 Å². The van der Waals surface area contributed by atoms with Gasteiger partial charge in [-0.2, -0.15) is 0 Å². The molecule has 114 valence electrons. The maximum atomic E-state index is 12.1. The van der Waals surface area contributed by atoms with E-state index >= 15 is 0 Å². The van der Waals surface area contributed by atoms with Crippen molar-refractivity contribution >= 4 is 16.9 Å². The van der Waals surface area contributed by atoms with Gasteiger partial charge in [-0.15, -0.1) is 0 Å². The van der Waals surface area contributed by atoms with Crippen molar-refractivity contribution in [3.05, 3.63) is 30.0 Å². The van der Waals surface area contributed by atoms with Crippen molar-refractivity contribution in [2.24, 2.45) is 5.41 Å². The Bertz CT molecular complexity index is 636. The number of H-pyrrole nitrogens is 1. The molecule has 0 aliphatic rings. The molecule has 0 amide bonds. The van der Waals surface area contributed by atoms with Gasteiger partial charge in [-0.1, -0.05) is 6.07 Å². The summed E-state index contributed by atoms with van der Waals surface area (Å²) in [4.78, 5) is 17.5. The summed E-state index contributed by atoms with van der Waals surface area (Å²) in [6.45, 7) is 6.53. The number of fused-ring (bicyclic) bond motifs is 1. The molecule has 2 rings (SSSR count). The Morgan fingerprint density at radius 1 is 1.29 bits per heavy atom. The first-order valence-electron chi connectivity index (χ1n) is 7.25. The van der Waals surface area contributed by atoms with Crippen molar-refractivity contribution in [1.82, 2.24) is 9.88 Å². The van der Waals surface area contributed by atoms with Crippen molar-refractivity contribution in [2.75, 3.05) is 20.6 Å². The zero-order valence-corrected chi connectivity index (χ0v) is 13.5. The molecule has 0 atom stereocenters. The van der Waals surface area contributed by atoms with E-state index in [1.165, 1.54) is 5.56 Å². The highest BCUT2D eigenvalue weighted by Crippen LogP contribution is 2.30. The third-order valence-electron chi connectivity index (χ3n) is 3.39.